The van der Waals surface area contributed by atoms with Gasteiger partial charge in [-0.15, -0.1) is 5.54 Å². The topological polar surface area (TPSA) is 13.1 Å². The standard InChI is InChI=1S/C15H14Br2OSi/c1-19(2,3)12-5-4-7-13(15(16)17)9-10-14-8-6-11-18-14/h6,8-11H,1-3H3/b10-9+. The zero-order chi connectivity index (χ0) is 14.3. The van der Waals surface area contributed by atoms with E-state index in [1.807, 2.05) is 24.3 Å². The largest absolute Gasteiger partial charge is 0.465 e. The maximum atomic E-state index is 5.22. The van der Waals surface area contributed by atoms with Crippen molar-refractivity contribution in [3.63, 3.8) is 0 Å². The van der Waals surface area contributed by atoms with E-state index in [0.29, 0.717) is 0 Å². The number of furan rings is 1. The van der Waals surface area contributed by atoms with Crippen LogP contribution in [0.15, 0.2) is 37.9 Å². The average Bonchev–Trinajstić information content (AvgIpc) is 2.79. The van der Waals surface area contributed by atoms with Crippen LogP contribution in [0.25, 0.3) is 6.08 Å². The van der Waals surface area contributed by atoms with Crippen molar-refractivity contribution in [3.8, 4) is 23.3 Å². The van der Waals surface area contributed by atoms with Crippen molar-refractivity contribution in [2.24, 2.45) is 0 Å². The summed E-state index contributed by atoms with van der Waals surface area (Å²) in [5.74, 6) is 9.59. The molecule has 0 radical (unpaired) electrons. The van der Waals surface area contributed by atoms with Crippen LogP contribution in [-0.2, 0) is 0 Å². The summed E-state index contributed by atoms with van der Waals surface area (Å²) < 4.78 is 6.02. The van der Waals surface area contributed by atoms with E-state index in [-0.39, 0.29) is 0 Å². The fourth-order valence-electron chi connectivity index (χ4n) is 1.02. The van der Waals surface area contributed by atoms with Gasteiger partial charge in [0.1, 0.15) is 13.8 Å². The molecule has 0 saturated carbocycles. The van der Waals surface area contributed by atoms with Crippen LogP contribution in [0.5, 0.6) is 0 Å². The lowest BCUT2D eigenvalue weighted by molar-refractivity contribution is 0.557. The van der Waals surface area contributed by atoms with Gasteiger partial charge in [-0.3, -0.25) is 0 Å². The van der Waals surface area contributed by atoms with Gasteiger partial charge in [-0.2, -0.15) is 0 Å². The second-order valence-corrected chi connectivity index (χ2v) is 12.2. The summed E-state index contributed by atoms with van der Waals surface area (Å²) in [6, 6.07) is 3.73. The maximum Gasteiger partial charge on any atom is 0.130 e. The van der Waals surface area contributed by atoms with Crippen molar-refractivity contribution in [3.05, 3.63) is 39.2 Å². The fourth-order valence-corrected chi connectivity index (χ4v) is 1.92. The summed E-state index contributed by atoms with van der Waals surface area (Å²) >= 11 is 6.74. The number of hydrogen-bond acceptors (Lipinski definition) is 1. The molecular weight excluding hydrogens is 384 g/mol. The Labute approximate surface area is 132 Å². The monoisotopic (exact) mass is 396 g/mol. The smallest absolute Gasteiger partial charge is 0.130 e. The first-order chi connectivity index (χ1) is 8.88. The fraction of sp³-hybridized carbons (Fsp3) is 0.200. The summed E-state index contributed by atoms with van der Waals surface area (Å²) in [5, 5.41) is 0. The third-order valence-corrected chi connectivity index (χ3v) is 3.59. The average molecular weight is 398 g/mol. The first kappa shape index (κ1) is 16.1. The number of hydrogen-bond donors (Lipinski definition) is 0. The molecular formula is C15H14Br2OSi. The van der Waals surface area contributed by atoms with Crippen LogP contribution in [-0.4, -0.2) is 8.07 Å². The van der Waals surface area contributed by atoms with Gasteiger partial charge in [-0.05, 0) is 68.0 Å². The molecule has 0 fully saturated rings. The van der Waals surface area contributed by atoms with Gasteiger partial charge in [0.2, 0.25) is 0 Å². The molecule has 4 heteroatoms. The number of allylic oxidation sites excluding steroid dienone is 2. The first-order valence-electron chi connectivity index (χ1n) is 5.68. The number of halogens is 2. The minimum Gasteiger partial charge on any atom is -0.465 e. The van der Waals surface area contributed by atoms with Gasteiger partial charge in [0.25, 0.3) is 0 Å². The SMILES string of the molecule is C[Si](C)(C)C#CC#CC(/C=C/c1ccco1)=C(Br)Br. The van der Waals surface area contributed by atoms with Crippen LogP contribution in [0.3, 0.4) is 0 Å². The van der Waals surface area contributed by atoms with Crippen LogP contribution >= 0.6 is 31.9 Å². The zero-order valence-electron chi connectivity index (χ0n) is 11.1. The Morgan fingerprint density at radius 2 is 2.00 bits per heavy atom. The van der Waals surface area contributed by atoms with Crippen molar-refractivity contribution in [2.75, 3.05) is 0 Å². The van der Waals surface area contributed by atoms with Crippen molar-refractivity contribution in [1.29, 1.82) is 0 Å². The second kappa shape index (κ2) is 7.60. The van der Waals surface area contributed by atoms with Gasteiger partial charge in [-0.25, -0.2) is 0 Å². The molecule has 0 aromatic carbocycles. The van der Waals surface area contributed by atoms with Gasteiger partial charge in [-0.1, -0.05) is 25.6 Å². The summed E-state index contributed by atoms with van der Waals surface area (Å²) in [5.41, 5.74) is 4.03. The molecule has 0 bridgehead atoms. The van der Waals surface area contributed by atoms with E-state index in [4.69, 9.17) is 4.42 Å². The highest BCUT2D eigenvalue weighted by Gasteiger charge is 2.06. The van der Waals surface area contributed by atoms with Gasteiger partial charge in [0, 0.05) is 5.57 Å². The molecule has 19 heavy (non-hydrogen) atoms. The summed E-state index contributed by atoms with van der Waals surface area (Å²) in [6.07, 6.45) is 5.37. The van der Waals surface area contributed by atoms with Gasteiger partial charge < -0.3 is 4.42 Å². The van der Waals surface area contributed by atoms with Gasteiger partial charge >= 0.3 is 0 Å². The molecule has 0 N–H and O–H groups in total. The molecule has 0 saturated heterocycles. The highest BCUT2D eigenvalue weighted by Crippen LogP contribution is 2.20. The van der Waals surface area contributed by atoms with Crippen molar-refractivity contribution >= 4 is 46.0 Å². The van der Waals surface area contributed by atoms with Crippen molar-refractivity contribution in [1.82, 2.24) is 0 Å². The molecule has 0 spiro atoms. The van der Waals surface area contributed by atoms with E-state index >= 15 is 0 Å². The Morgan fingerprint density at radius 1 is 1.26 bits per heavy atom. The minimum atomic E-state index is -1.35. The molecule has 1 nitrogen and oxygen atoms in total. The molecule has 1 aromatic rings. The van der Waals surface area contributed by atoms with E-state index < -0.39 is 8.07 Å². The van der Waals surface area contributed by atoms with Gasteiger partial charge in [0.15, 0.2) is 0 Å². The number of rotatable bonds is 2. The van der Waals surface area contributed by atoms with E-state index in [0.717, 1.165) is 14.7 Å². The van der Waals surface area contributed by atoms with E-state index in [1.54, 1.807) is 6.26 Å². The Morgan fingerprint density at radius 3 is 2.53 bits per heavy atom. The Bertz CT molecular complexity index is 593. The molecule has 0 amide bonds. The molecule has 1 rings (SSSR count). The molecule has 0 aliphatic heterocycles. The van der Waals surface area contributed by atoms with E-state index in [1.165, 1.54) is 0 Å². The third kappa shape index (κ3) is 7.27. The Kier molecular flexibility index (Phi) is 6.44. The third-order valence-electron chi connectivity index (χ3n) is 1.86. The highest BCUT2D eigenvalue weighted by molar-refractivity contribution is 9.28. The van der Waals surface area contributed by atoms with Crippen LogP contribution in [0.1, 0.15) is 5.76 Å². The molecule has 0 aliphatic rings. The summed E-state index contributed by atoms with van der Waals surface area (Å²) in [7, 11) is -1.35. The van der Waals surface area contributed by atoms with E-state index in [9.17, 15) is 0 Å². The first-order valence-corrected chi connectivity index (χ1v) is 10.8. The predicted octanol–water partition coefficient (Wildman–Crippen LogP) is 5.18. The van der Waals surface area contributed by atoms with Crippen LogP contribution in [0.4, 0.5) is 0 Å². The van der Waals surface area contributed by atoms with E-state index in [2.05, 4.69) is 74.8 Å². The second-order valence-electron chi connectivity index (χ2n) is 4.77. The molecule has 0 aliphatic carbocycles. The summed E-state index contributed by atoms with van der Waals surface area (Å²) in [6.45, 7) is 6.57. The van der Waals surface area contributed by atoms with Crippen molar-refractivity contribution < 1.29 is 4.42 Å². The zero-order valence-corrected chi connectivity index (χ0v) is 15.2. The molecule has 0 unspecified atom stereocenters. The van der Waals surface area contributed by atoms with Crippen LogP contribution in [0, 0.1) is 23.3 Å². The lowest BCUT2D eigenvalue weighted by atomic mass is 10.2. The maximum absolute atomic E-state index is 5.22. The predicted molar refractivity (Wildman–Crippen MR) is 91.5 cm³/mol. The molecule has 1 aromatic heterocycles. The molecule has 1 heterocycles. The Hall–Kier alpha value is -0.943. The van der Waals surface area contributed by atoms with Crippen molar-refractivity contribution in [2.45, 2.75) is 19.6 Å². The molecule has 0 atom stereocenters. The minimum absolute atomic E-state index is 0.786. The summed E-state index contributed by atoms with van der Waals surface area (Å²) in [4.78, 5) is 0. The normalized spacial score (nSPS) is 10.4. The molecule has 98 valence electrons. The lowest BCUT2D eigenvalue weighted by Gasteiger charge is -2.01. The van der Waals surface area contributed by atoms with Crippen LogP contribution in [0.2, 0.25) is 19.6 Å². The highest BCUT2D eigenvalue weighted by atomic mass is 79.9. The quantitative estimate of drug-likeness (QED) is 0.380. The Balaban J connectivity index is 2.84. The van der Waals surface area contributed by atoms with Gasteiger partial charge in [0.05, 0.1) is 9.65 Å². The van der Waals surface area contributed by atoms with Crippen LogP contribution < -0.4 is 0 Å². The lowest BCUT2D eigenvalue weighted by Crippen LogP contribution is -2.16.